The van der Waals surface area contributed by atoms with Crippen molar-refractivity contribution in [2.45, 2.75) is 45.8 Å². The van der Waals surface area contributed by atoms with Gasteiger partial charge in [0.2, 0.25) is 5.91 Å². The lowest BCUT2D eigenvalue weighted by Crippen LogP contribution is -2.41. The van der Waals surface area contributed by atoms with E-state index in [0.29, 0.717) is 11.5 Å². The monoisotopic (exact) mass is 360 g/mol. The molecule has 0 aliphatic carbocycles. The van der Waals surface area contributed by atoms with Gasteiger partial charge in [-0.1, -0.05) is 36.5 Å². The highest BCUT2D eigenvalue weighted by atomic mass is 32.1. The molecule has 0 radical (unpaired) electrons. The number of rotatable bonds is 5. The van der Waals surface area contributed by atoms with Crippen LogP contribution in [0, 0.1) is 0 Å². The number of carbonyl (C=O) groups is 1. The third-order valence-electron chi connectivity index (χ3n) is 4.62. The number of hydrogen-bond donors (Lipinski definition) is 2. The molecule has 1 saturated heterocycles. The summed E-state index contributed by atoms with van der Waals surface area (Å²) in [6, 6.07) is 7.60. The summed E-state index contributed by atoms with van der Waals surface area (Å²) in [6.07, 6.45) is 1.94. The topological polar surface area (TPSA) is 73.6 Å². The molecule has 3 N–H and O–H groups in total. The molecule has 0 atom stereocenters. The fraction of sp³-hybridized carbons (Fsp3) is 0.444. The first-order valence-electron chi connectivity index (χ1n) is 8.22. The Hall–Kier alpha value is -1.70. The third-order valence-corrected chi connectivity index (χ3v) is 4.86. The van der Waals surface area contributed by atoms with Crippen LogP contribution >= 0.6 is 12.2 Å². The van der Waals surface area contributed by atoms with E-state index < -0.39 is 18.3 Å². The van der Waals surface area contributed by atoms with Crippen LogP contribution in [0.2, 0.25) is 0 Å². The lowest BCUT2D eigenvalue weighted by molar-refractivity contribution is -0.118. The Balaban J connectivity index is 2.35. The van der Waals surface area contributed by atoms with Gasteiger partial charge in [0, 0.05) is 19.0 Å². The Kier molecular flexibility index (Phi) is 5.71. The van der Waals surface area contributed by atoms with Gasteiger partial charge in [-0.25, -0.2) is 0 Å². The molecule has 0 aromatic heterocycles. The van der Waals surface area contributed by atoms with Crippen molar-refractivity contribution < 1.29 is 14.1 Å². The standard InChI is InChI=1S/C18H25BN2O3S/c1-12(22)21-11-15(19-23-17(2,3)18(4,5)24-19)10-13-7-6-8-14(9-13)16(20)25/h6-10H,11H2,1-5H3,(H2,20,25)(H,21,22). The van der Waals surface area contributed by atoms with Gasteiger partial charge in [-0.05, 0) is 44.8 Å². The molecule has 0 saturated carbocycles. The highest BCUT2D eigenvalue weighted by molar-refractivity contribution is 7.80. The molecule has 1 aromatic rings. The van der Waals surface area contributed by atoms with Crippen LogP contribution in [0.1, 0.15) is 45.7 Å². The van der Waals surface area contributed by atoms with E-state index >= 15 is 0 Å². The lowest BCUT2D eigenvalue weighted by Gasteiger charge is -2.32. The third kappa shape index (κ3) is 4.68. The van der Waals surface area contributed by atoms with E-state index in [2.05, 4.69) is 5.32 Å². The van der Waals surface area contributed by atoms with Gasteiger partial charge in [0.15, 0.2) is 0 Å². The zero-order valence-corrected chi connectivity index (χ0v) is 16.2. The second kappa shape index (κ2) is 7.27. The zero-order chi connectivity index (χ0) is 18.8. The van der Waals surface area contributed by atoms with E-state index in [1.165, 1.54) is 6.92 Å². The van der Waals surface area contributed by atoms with Crippen molar-refractivity contribution in [2.75, 3.05) is 6.54 Å². The summed E-state index contributed by atoms with van der Waals surface area (Å²) in [5.41, 5.74) is 7.34. The molecule has 1 fully saturated rings. The average molecular weight is 360 g/mol. The Morgan fingerprint density at radius 2 is 1.88 bits per heavy atom. The van der Waals surface area contributed by atoms with Crippen molar-refractivity contribution in [2.24, 2.45) is 5.73 Å². The summed E-state index contributed by atoms with van der Waals surface area (Å²) in [5, 5.41) is 2.82. The molecule has 1 aromatic carbocycles. The molecular weight excluding hydrogens is 335 g/mol. The van der Waals surface area contributed by atoms with Crippen LogP contribution in [0.5, 0.6) is 0 Å². The highest BCUT2D eigenvalue weighted by Crippen LogP contribution is 2.38. The van der Waals surface area contributed by atoms with Gasteiger partial charge in [0.1, 0.15) is 4.99 Å². The van der Waals surface area contributed by atoms with E-state index in [1.54, 1.807) is 0 Å². The molecule has 1 aliphatic rings. The molecule has 25 heavy (non-hydrogen) atoms. The SMILES string of the molecule is CC(=O)NCC(=Cc1cccc(C(N)=S)c1)B1OC(C)(C)C(C)(C)O1. The van der Waals surface area contributed by atoms with Gasteiger partial charge in [-0.15, -0.1) is 0 Å². The van der Waals surface area contributed by atoms with Gasteiger partial charge in [-0.2, -0.15) is 0 Å². The van der Waals surface area contributed by atoms with E-state index in [-0.39, 0.29) is 5.91 Å². The van der Waals surface area contributed by atoms with Gasteiger partial charge in [-0.3, -0.25) is 4.79 Å². The van der Waals surface area contributed by atoms with Crippen LogP contribution in [0.3, 0.4) is 0 Å². The molecule has 134 valence electrons. The Bertz CT molecular complexity index is 700. The van der Waals surface area contributed by atoms with Crippen molar-refractivity contribution in [3.05, 3.63) is 40.9 Å². The number of carbonyl (C=O) groups excluding carboxylic acids is 1. The molecular formula is C18H25BN2O3S. The summed E-state index contributed by atoms with van der Waals surface area (Å²) >= 11 is 5.04. The predicted octanol–water partition coefficient (Wildman–Crippen LogP) is 2.47. The second-order valence-corrected chi connectivity index (χ2v) is 7.65. The summed E-state index contributed by atoms with van der Waals surface area (Å²) in [6.45, 7) is 9.80. The van der Waals surface area contributed by atoms with Crippen LogP contribution in [-0.4, -0.2) is 35.8 Å². The van der Waals surface area contributed by atoms with Crippen LogP contribution < -0.4 is 11.1 Å². The molecule has 1 amide bonds. The average Bonchev–Trinajstić information content (AvgIpc) is 2.71. The van der Waals surface area contributed by atoms with Crippen molar-refractivity contribution in [1.29, 1.82) is 0 Å². The minimum atomic E-state index is -0.537. The minimum absolute atomic E-state index is 0.112. The van der Waals surface area contributed by atoms with Crippen LogP contribution in [0.25, 0.3) is 6.08 Å². The molecule has 1 aliphatic heterocycles. The number of hydrogen-bond acceptors (Lipinski definition) is 4. The molecule has 2 rings (SSSR count). The lowest BCUT2D eigenvalue weighted by atomic mass is 9.77. The second-order valence-electron chi connectivity index (χ2n) is 7.21. The number of amides is 1. The van der Waals surface area contributed by atoms with E-state index in [9.17, 15) is 4.79 Å². The zero-order valence-electron chi connectivity index (χ0n) is 15.4. The summed E-state index contributed by atoms with van der Waals surface area (Å²) in [4.78, 5) is 11.7. The van der Waals surface area contributed by atoms with E-state index in [1.807, 2.05) is 58.0 Å². The highest BCUT2D eigenvalue weighted by Gasteiger charge is 2.52. The maximum Gasteiger partial charge on any atom is 0.492 e. The van der Waals surface area contributed by atoms with Crippen molar-refractivity contribution in [3.63, 3.8) is 0 Å². The van der Waals surface area contributed by atoms with Crippen molar-refractivity contribution >= 4 is 36.3 Å². The smallest absolute Gasteiger partial charge is 0.400 e. The van der Waals surface area contributed by atoms with E-state index in [0.717, 1.165) is 16.6 Å². The summed E-state index contributed by atoms with van der Waals surface area (Å²) in [5.74, 6) is -0.112. The fourth-order valence-electron chi connectivity index (χ4n) is 2.42. The van der Waals surface area contributed by atoms with Crippen LogP contribution in [-0.2, 0) is 14.1 Å². The van der Waals surface area contributed by atoms with Gasteiger partial charge in [0.25, 0.3) is 0 Å². The van der Waals surface area contributed by atoms with Crippen LogP contribution in [0.4, 0.5) is 0 Å². The predicted molar refractivity (Wildman–Crippen MR) is 105 cm³/mol. The maximum absolute atomic E-state index is 11.4. The Morgan fingerprint density at radius 1 is 1.28 bits per heavy atom. The van der Waals surface area contributed by atoms with Crippen molar-refractivity contribution in [1.82, 2.24) is 5.32 Å². The minimum Gasteiger partial charge on any atom is -0.400 e. The first-order chi connectivity index (χ1) is 11.5. The molecule has 7 heteroatoms. The largest absolute Gasteiger partial charge is 0.492 e. The first kappa shape index (κ1) is 19.6. The Morgan fingerprint density at radius 3 is 2.40 bits per heavy atom. The fourth-order valence-corrected chi connectivity index (χ4v) is 2.55. The first-order valence-corrected chi connectivity index (χ1v) is 8.63. The number of nitrogens with two attached hydrogens (primary N) is 1. The summed E-state index contributed by atoms with van der Waals surface area (Å²) in [7, 11) is -0.537. The number of thiocarbonyl (C=S) groups is 1. The molecule has 0 unspecified atom stereocenters. The molecule has 5 nitrogen and oxygen atoms in total. The molecule has 0 spiro atoms. The maximum atomic E-state index is 11.4. The Labute approximate surface area is 155 Å². The van der Waals surface area contributed by atoms with Crippen LogP contribution in [0.15, 0.2) is 29.7 Å². The quantitative estimate of drug-likeness (QED) is 0.623. The number of nitrogens with one attached hydrogen (secondary N) is 1. The van der Waals surface area contributed by atoms with E-state index in [4.69, 9.17) is 27.3 Å². The molecule has 0 bridgehead atoms. The van der Waals surface area contributed by atoms with Gasteiger partial charge < -0.3 is 20.4 Å². The van der Waals surface area contributed by atoms with Crippen molar-refractivity contribution in [3.8, 4) is 0 Å². The molecule has 1 heterocycles. The van der Waals surface area contributed by atoms with Gasteiger partial charge >= 0.3 is 7.12 Å². The van der Waals surface area contributed by atoms with Gasteiger partial charge in [0.05, 0.1) is 11.2 Å². The number of benzene rings is 1. The normalized spacial score (nSPS) is 18.9. The summed E-state index contributed by atoms with van der Waals surface area (Å²) < 4.78 is 12.2.